The van der Waals surface area contributed by atoms with Crippen molar-refractivity contribution in [2.24, 2.45) is 0 Å². The predicted molar refractivity (Wildman–Crippen MR) is 412 cm³/mol. The molecule has 0 aliphatic heterocycles. The number of aromatic nitrogens is 14. The largest absolute Gasteiger partial charge is 0.368 e. The SMILES string of the molecule is CC(C)Nc1nc(C(C)C)nc2c1CCC2.CC(C)Nc1nc(C(C)C)nc2c1CCCCCC2.CC(C)Nc1nc(C(C)C)nc2cnccc12.CC(C)Nc1nc(C(C)C)nc2ncccc12.Cc1cc(NC(C)C)nc(C(C)C)n1.Cc1nc(C(C)C)nc(NC(C)C)c1C. The molecule has 0 aromatic carbocycles. The average molecular weight is 1340 g/mol. The molecule has 6 N–H and O–H groups in total. The minimum Gasteiger partial charge on any atom is -0.368 e. The van der Waals surface area contributed by atoms with Crippen LogP contribution in [0.2, 0.25) is 0 Å². The van der Waals surface area contributed by atoms with Crippen LogP contribution >= 0.6 is 0 Å². The Labute approximate surface area is 589 Å². The normalized spacial score (nSPS) is 12.8. The highest BCUT2D eigenvalue weighted by Gasteiger charge is 2.22. The smallest absolute Gasteiger partial charge is 0.164 e. The summed E-state index contributed by atoms with van der Waals surface area (Å²) in [7, 11) is 0. The zero-order valence-corrected chi connectivity index (χ0v) is 65.1. The maximum Gasteiger partial charge on any atom is 0.164 e. The lowest BCUT2D eigenvalue weighted by molar-refractivity contribution is 0.600. The highest BCUT2D eigenvalue weighted by atomic mass is 15.1. The maximum atomic E-state index is 4.83. The summed E-state index contributed by atoms with van der Waals surface area (Å²) in [6, 6.07) is 10.2. The van der Waals surface area contributed by atoms with E-state index in [1.54, 1.807) is 18.6 Å². The summed E-state index contributed by atoms with van der Waals surface area (Å²) >= 11 is 0. The summed E-state index contributed by atoms with van der Waals surface area (Å²) < 4.78 is 0. The van der Waals surface area contributed by atoms with E-state index in [-0.39, 0.29) is 0 Å². The lowest BCUT2D eigenvalue weighted by atomic mass is 9.97. The highest BCUT2D eigenvalue weighted by Crippen LogP contribution is 2.31. The Morgan fingerprint density at radius 2 is 0.735 bits per heavy atom. The number of nitrogens with one attached hydrogen (secondary N) is 6. The van der Waals surface area contributed by atoms with Gasteiger partial charge in [0.05, 0.1) is 17.1 Å². The van der Waals surface area contributed by atoms with Gasteiger partial charge in [-0.1, -0.05) is 95.9 Å². The molecule has 20 heteroatoms. The zero-order chi connectivity index (χ0) is 72.7. The number of fused-ring (bicyclic) bond motifs is 4. The van der Waals surface area contributed by atoms with E-state index in [4.69, 9.17) is 9.97 Å². The van der Waals surface area contributed by atoms with Gasteiger partial charge in [0, 0.05) is 135 Å². The molecule has 0 saturated carbocycles. The van der Waals surface area contributed by atoms with Crippen molar-refractivity contribution in [3.63, 3.8) is 0 Å². The molecule has 8 aromatic heterocycles. The first-order chi connectivity index (χ1) is 46.2. The third kappa shape index (κ3) is 25.8. The average Bonchev–Trinajstić information content (AvgIpc) is 0.988. The molecule has 0 bridgehead atoms. The van der Waals surface area contributed by atoms with E-state index in [1.807, 2.05) is 38.1 Å². The van der Waals surface area contributed by atoms with Gasteiger partial charge in [-0.15, -0.1) is 0 Å². The quantitative estimate of drug-likeness (QED) is 0.0467. The van der Waals surface area contributed by atoms with Gasteiger partial charge in [-0.3, -0.25) is 4.98 Å². The van der Waals surface area contributed by atoms with Gasteiger partial charge in [0.1, 0.15) is 69.9 Å². The van der Waals surface area contributed by atoms with Crippen LogP contribution in [0.4, 0.5) is 34.9 Å². The third-order valence-electron chi connectivity index (χ3n) is 15.6. The van der Waals surface area contributed by atoms with Gasteiger partial charge in [0.15, 0.2) is 5.65 Å². The Morgan fingerprint density at radius 3 is 1.23 bits per heavy atom. The van der Waals surface area contributed by atoms with E-state index >= 15 is 0 Å². The van der Waals surface area contributed by atoms with Crippen molar-refractivity contribution in [1.29, 1.82) is 0 Å². The van der Waals surface area contributed by atoms with Crippen LogP contribution in [-0.2, 0) is 25.7 Å². The molecule has 0 atom stereocenters. The number of aryl methyl sites for hydroxylation is 4. The van der Waals surface area contributed by atoms with Gasteiger partial charge in [-0.25, -0.2) is 64.8 Å². The molecule has 0 fully saturated rings. The zero-order valence-electron chi connectivity index (χ0n) is 65.1. The molecule has 8 heterocycles. The van der Waals surface area contributed by atoms with E-state index < -0.39 is 0 Å². The predicted octanol–water partition coefficient (Wildman–Crippen LogP) is 18.7. The van der Waals surface area contributed by atoms with Gasteiger partial charge >= 0.3 is 0 Å². The van der Waals surface area contributed by atoms with Crippen LogP contribution in [0.3, 0.4) is 0 Å². The summed E-state index contributed by atoms with van der Waals surface area (Å²) in [4.78, 5) is 63.4. The molecular weight excluding hydrogens is 1220 g/mol. The monoisotopic (exact) mass is 1340 g/mol. The summed E-state index contributed by atoms with van der Waals surface area (Å²) in [5, 5.41) is 22.3. The van der Waals surface area contributed by atoms with Crippen LogP contribution in [0, 0.1) is 20.8 Å². The van der Waals surface area contributed by atoms with Crippen LogP contribution in [-0.4, -0.2) is 106 Å². The second-order valence-electron chi connectivity index (χ2n) is 29.7. The van der Waals surface area contributed by atoms with E-state index in [0.29, 0.717) is 71.8 Å². The van der Waals surface area contributed by atoms with Crippen molar-refractivity contribution >= 4 is 56.8 Å². The van der Waals surface area contributed by atoms with Crippen molar-refractivity contribution in [3.05, 3.63) is 117 Å². The van der Waals surface area contributed by atoms with Crippen molar-refractivity contribution in [2.45, 2.75) is 316 Å². The molecule has 8 aromatic rings. The number of nitrogens with zero attached hydrogens (tertiary/aromatic N) is 14. The highest BCUT2D eigenvalue weighted by molar-refractivity contribution is 5.88. The fourth-order valence-electron chi connectivity index (χ4n) is 10.5. The van der Waals surface area contributed by atoms with Gasteiger partial charge in [0.2, 0.25) is 0 Å². The molecule has 2 aliphatic rings. The van der Waals surface area contributed by atoms with E-state index in [0.717, 1.165) is 134 Å². The molecule has 2 aliphatic carbocycles. The first-order valence-corrected chi connectivity index (χ1v) is 36.5. The van der Waals surface area contributed by atoms with E-state index in [2.05, 4.69) is 265 Å². The molecule has 0 radical (unpaired) electrons. The Hall–Kier alpha value is -7.90. The minimum atomic E-state index is 0.300. The van der Waals surface area contributed by atoms with Crippen LogP contribution in [0.25, 0.3) is 21.9 Å². The van der Waals surface area contributed by atoms with E-state index in [1.165, 1.54) is 54.6 Å². The van der Waals surface area contributed by atoms with Gasteiger partial charge in [-0.2, -0.15) is 0 Å². The molecule has 536 valence electrons. The summed E-state index contributed by atoms with van der Waals surface area (Å²) in [6.07, 6.45) is 16.2. The molecular formula is C78H124N20. The molecule has 0 amide bonds. The standard InChI is InChI=1S/C16H27N3.2C13H18N4.C13H21N3.C12H21N3.C11H19N3/c1-11(2)15-18-14-10-8-6-5-7-9-13(14)16(19-15)17-12(3)4;1-8(2)12-16-11-7-14-6-5-10(11)13(17-12)15-9(3)4;1-8(2)11-16-12-10(6-5-7-14-12)13(17-11)15-9(3)4;1-8(2)12-15-11-7-5-6-10(11)13(16-12)14-9(3)4;1-7(2)11-14-10(6)9(5)12(15-11)13-8(3)4;1-7(2)11-13-9(5)6-10(14-11)12-8(3)4/h11-12H,5-10H2,1-4H3,(H,17,18,19);5-9H,1-4H3,(H,15,16,17);5-9H,1-4H3,(H,14,15,16,17);8-9H,5-7H2,1-4H3,(H,14,15,16);7-8H,1-6H3,(H,13,14,15);6-8H,1-5H3,(H,12,13,14). The number of pyridine rings is 2. The molecule has 0 saturated heterocycles. The first kappa shape index (κ1) is 80.8. The Bertz CT molecular complexity index is 3640. The van der Waals surface area contributed by atoms with Crippen molar-refractivity contribution in [1.82, 2.24) is 69.8 Å². The number of hydrogen-bond acceptors (Lipinski definition) is 20. The molecule has 20 nitrogen and oxygen atoms in total. The van der Waals surface area contributed by atoms with Gasteiger partial charge in [0.25, 0.3) is 0 Å². The number of rotatable bonds is 18. The number of anilines is 6. The number of hydrogen-bond donors (Lipinski definition) is 6. The summed E-state index contributed by atoms with van der Waals surface area (Å²) in [5.74, 6) is 13.5. The first-order valence-electron chi connectivity index (χ1n) is 36.5. The van der Waals surface area contributed by atoms with Gasteiger partial charge in [-0.05, 0) is 167 Å². The Morgan fingerprint density at radius 1 is 0.337 bits per heavy atom. The summed E-state index contributed by atoms with van der Waals surface area (Å²) in [5.41, 5.74) is 10.2. The second kappa shape index (κ2) is 39.0. The van der Waals surface area contributed by atoms with Crippen LogP contribution in [0.15, 0.2) is 42.9 Å². The van der Waals surface area contributed by atoms with Crippen LogP contribution < -0.4 is 31.9 Å². The van der Waals surface area contributed by atoms with Gasteiger partial charge < -0.3 is 31.9 Å². The van der Waals surface area contributed by atoms with E-state index in [9.17, 15) is 0 Å². The minimum absolute atomic E-state index is 0.300. The second-order valence-corrected chi connectivity index (χ2v) is 29.7. The molecule has 0 spiro atoms. The van der Waals surface area contributed by atoms with Crippen LogP contribution in [0.5, 0.6) is 0 Å². The molecule has 98 heavy (non-hydrogen) atoms. The van der Waals surface area contributed by atoms with Crippen molar-refractivity contribution in [3.8, 4) is 0 Å². The third-order valence-corrected chi connectivity index (χ3v) is 15.6. The maximum absolute atomic E-state index is 4.83. The molecule has 10 rings (SSSR count). The lowest BCUT2D eigenvalue weighted by Crippen LogP contribution is -2.18. The van der Waals surface area contributed by atoms with Crippen molar-refractivity contribution < 1.29 is 0 Å². The lowest BCUT2D eigenvalue weighted by Gasteiger charge is -2.20. The van der Waals surface area contributed by atoms with Crippen molar-refractivity contribution in [2.75, 3.05) is 31.9 Å². The fraction of sp³-hybridized carbons (Fsp3) is 0.615. The molecule has 0 unspecified atom stereocenters. The summed E-state index contributed by atoms with van der Waals surface area (Å²) in [6.45, 7) is 57.0. The van der Waals surface area contributed by atoms with Crippen LogP contribution in [0.1, 0.15) is 308 Å². The topological polar surface area (TPSA) is 253 Å². The Kier molecular flexibility index (Phi) is 32.2. The Balaban J connectivity index is 0.000000213. The fourth-order valence-corrected chi connectivity index (χ4v) is 10.5.